The van der Waals surface area contributed by atoms with E-state index in [2.05, 4.69) is 12.2 Å². The zero-order valence-electron chi connectivity index (χ0n) is 11.8. The summed E-state index contributed by atoms with van der Waals surface area (Å²) in [5.41, 5.74) is 0.884. The molecule has 2 amide bonds. The van der Waals surface area contributed by atoms with Gasteiger partial charge in [-0.1, -0.05) is 36.2 Å². The molecule has 1 atom stereocenters. The van der Waals surface area contributed by atoms with Crippen LogP contribution in [0.5, 0.6) is 0 Å². The highest BCUT2D eigenvalue weighted by atomic mass is 35.5. The van der Waals surface area contributed by atoms with Crippen LogP contribution in [0.4, 0.5) is 4.79 Å². The molecular formula is C15H20Cl2N2O. The molecule has 0 radical (unpaired) electrons. The molecule has 2 rings (SSSR count). The van der Waals surface area contributed by atoms with Crippen molar-refractivity contribution in [3.63, 3.8) is 0 Å². The minimum absolute atomic E-state index is 0.0181. The summed E-state index contributed by atoms with van der Waals surface area (Å²) in [7, 11) is 0. The second-order valence-corrected chi connectivity index (χ2v) is 6.35. The average molecular weight is 315 g/mol. The molecule has 0 bridgehead atoms. The third-order valence-corrected chi connectivity index (χ3v) is 4.40. The van der Waals surface area contributed by atoms with Crippen LogP contribution in [0.1, 0.15) is 38.3 Å². The van der Waals surface area contributed by atoms with Gasteiger partial charge in [0, 0.05) is 23.1 Å². The van der Waals surface area contributed by atoms with Crippen molar-refractivity contribution in [2.24, 2.45) is 5.92 Å². The van der Waals surface area contributed by atoms with Crippen molar-refractivity contribution in [2.45, 2.75) is 32.7 Å². The van der Waals surface area contributed by atoms with E-state index in [1.54, 1.807) is 12.1 Å². The number of benzene rings is 1. The number of piperidine rings is 1. The van der Waals surface area contributed by atoms with Crippen LogP contribution in [0.3, 0.4) is 0 Å². The summed E-state index contributed by atoms with van der Waals surface area (Å²) < 4.78 is 0. The Kier molecular flexibility index (Phi) is 5.17. The van der Waals surface area contributed by atoms with Gasteiger partial charge in [0.15, 0.2) is 0 Å². The Morgan fingerprint density at radius 2 is 2.00 bits per heavy atom. The van der Waals surface area contributed by atoms with Crippen LogP contribution in [0.25, 0.3) is 0 Å². The Balaban J connectivity index is 1.96. The van der Waals surface area contributed by atoms with Crippen LogP contribution in [0.2, 0.25) is 10.0 Å². The lowest BCUT2D eigenvalue weighted by atomic mass is 9.99. The standard InChI is InChI=1S/C15H20Cl2N2O/c1-10-5-7-19(8-6-10)15(20)18-11(2)13-4-3-12(16)9-14(13)17/h3-4,9-11H,5-8H2,1-2H3,(H,18,20). The molecule has 3 nitrogen and oxygen atoms in total. The lowest BCUT2D eigenvalue weighted by molar-refractivity contribution is 0.171. The van der Waals surface area contributed by atoms with E-state index in [9.17, 15) is 4.79 Å². The lowest BCUT2D eigenvalue weighted by Crippen LogP contribution is -2.44. The Labute approximate surface area is 130 Å². The molecule has 1 saturated heterocycles. The van der Waals surface area contributed by atoms with Gasteiger partial charge in [-0.25, -0.2) is 4.79 Å². The van der Waals surface area contributed by atoms with Crippen molar-refractivity contribution in [1.82, 2.24) is 10.2 Å². The Morgan fingerprint density at radius 1 is 1.35 bits per heavy atom. The monoisotopic (exact) mass is 314 g/mol. The molecule has 0 saturated carbocycles. The number of nitrogens with one attached hydrogen (secondary N) is 1. The molecule has 1 aliphatic rings. The molecule has 1 unspecified atom stereocenters. The van der Waals surface area contributed by atoms with Gasteiger partial charge in [0.25, 0.3) is 0 Å². The fraction of sp³-hybridized carbons (Fsp3) is 0.533. The summed E-state index contributed by atoms with van der Waals surface area (Å²) in [6.45, 7) is 5.81. The van der Waals surface area contributed by atoms with Gasteiger partial charge in [-0.15, -0.1) is 0 Å². The molecule has 0 aliphatic carbocycles. The summed E-state index contributed by atoms with van der Waals surface area (Å²) in [6, 6.07) is 5.19. The normalized spacial score (nSPS) is 17.9. The highest BCUT2D eigenvalue weighted by Crippen LogP contribution is 2.26. The SMILES string of the molecule is CC1CCN(C(=O)NC(C)c2ccc(Cl)cc2Cl)CC1. The topological polar surface area (TPSA) is 32.3 Å². The first-order chi connectivity index (χ1) is 9.47. The van der Waals surface area contributed by atoms with Crippen molar-refractivity contribution >= 4 is 29.2 Å². The number of likely N-dealkylation sites (tertiary alicyclic amines) is 1. The van der Waals surface area contributed by atoms with Gasteiger partial charge in [-0.2, -0.15) is 0 Å². The third-order valence-electron chi connectivity index (χ3n) is 3.84. The van der Waals surface area contributed by atoms with Crippen LogP contribution in [0, 0.1) is 5.92 Å². The molecule has 1 aliphatic heterocycles. The van der Waals surface area contributed by atoms with Gasteiger partial charge in [-0.05, 0) is 43.4 Å². The van der Waals surface area contributed by atoms with Gasteiger partial charge < -0.3 is 10.2 Å². The number of carbonyl (C=O) groups is 1. The maximum atomic E-state index is 12.2. The molecule has 1 fully saturated rings. The smallest absolute Gasteiger partial charge is 0.317 e. The zero-order valence-corrected chi connectivity index (χ0v) is 13.3. The van der Waals surface area contributed by atoms with E-state index in [1.165, 1.54) is 0 Å². The van der Waals surface area contributed by atoms with E-state index in [1.807, 2.05) is 17.9 Å². The maximum Gasteiger partial charge on any atom is 0.317 e. The summed E-state index contributed by atoms with van der Waals surface area (Å²) in [6.07, 6.45) is 2.15. The maximum absolute atomic E-state index is 12.2. The van der Waals surface area contributed by atoms with Crippen molar-refractivity contribution in [1.29, 1.82) is 0 Å². The van der Waals surface area contributed by atoms with Gasteiger partial charge in [-0.3, -0.25) is 0 Å². The van der Waals surface area contributed by atoms with E-state index in [0.717, 1.165) is 31.5 Å². The summed E-state index contributed by atoms with van der Waals surface area (Å²) in [5, 5.41) is 4.18. The second kappa shape index (κ2) is 6.68. The second-order valence-electron chi connectivity index (χ2n) is 5.51. The van der Waals surface area contributed by atoms with E-state index >= 15 is 0 Å². The number of halogens is 2. The summed E-state index contributed by atoms with van der Waals surface area (Å²) in [4.78, 5) is 14.1. The Bertz CT molecular complexity index is 485. The van der Waals surface area contributed by atoms with E-state index < -0.39 is 0 Å². The van der Waals surface area contributed by atoms with Crippen LogP contribution >= 0.6 is 23.2 Å². The number of carbonyl (C=O) groups excluding carboxylic acids is 1. The number of rotatable bonds is 2. The highest BCUT2D eigenvalue weighted by Gasteiger charge is 2.22. The fourth-order valence-electron chi connectivity index (χ4n) is 2.42. The number of amides is 2. The van der Waals surface area contributed by atoms with E-state index in [-0.39, 0.29) is 12.1 Å². The molecule has 1 heterocycles. The minimum atomic E-state index is -0.133. The van der Waals surface area contributed by atoms with Gasteiger partial charge in [0.1, 0.15) is 0 Å². The highest BCUT2D eigenvalue weighted by molar-refractivity contribution is 6.35. The largest absolute Gasteiger partial charge is 0.331 e. The number of urea groups is 1. The predicted molar refractivity (Wildman–Crippen MR) is 83.4 cm³/mol. The average Bonchev–Trinajstić information content (AvgIpc) is 2.39. The van der Waals surface area contributed by atoms with Crippen molar-refractivity contribution < 1.29 is 4.79 Å². The van der Waals surface area contributed by atoms with Gasteiger partial charge in [0.2, 0.25) is 0 Å². The molecule has 1 aromatic carbocycles. The van der Waals surface area contributed by atoms with E-state index in [0.29, 0.717) is 16.0 Å². The fourth-order valence-corrected chi connectivity index (χ4v) is 2.99. The van der Waals surface area contributed by atoms with Crippen LogP contribution in [-0.2, 0) is 0 Å². The molecule has 0 aromatic heterocycles. The van der Waals surface area contributed by atoms with Crippen molar-refractivity contribution in [3.8, 4) is 0 Å². The summed E-state index contributed by atoms with van der Waals surface area (Å²) >= 11 is 12.0. The third kappa shape index (κ3) is 3.80. The van der Waals surface area contributed by atoms with Crippen LogP contribution < -0.4 is 5.32 Å². The summed E-state index contributed by atoms with van der Waals surface area (Å²) in [5.74, 6) is 0.710. The first-order valence-corrected chi connectivity index (χ1v) is 7.73. The quantitative estimate of drug-likeness (QED) is 0.856. The Hall–Kier alpha value is -0.930. The number of hydrogen-bond acceptors (Lipinski definition) is 1. The molecule has 110 valence electrons. The Morgan fingerprint density at radius 3 is 2.60 bits per heavy atom. The first kappa shape index (κ1) is 15.5. The number of nitrogens with zero attached hydrogens (tertiary/aromatic N) is 1. The molecule has 1 N–H and O–H groups in total. The molecule has 20 heavy (non-hydrogen) atoms. The zero-order chi connectivity index (χ0) is 14.7. The first-order valence-electron chi connectivity index (χ1n) is 6.97. The van der Waals surface area contributed by atoms with Crippen LogP contribution in [0.15, 0.2) is 18.2 Å². The van der Waals surface area contributed by atoms with Crippen molar-refractivity contribution in [3.05, 3.63) is 33.8 Å². The van der Waals surface area contributed by atoms with Gasteiger partial charge in [0.05, 0.1) is 6.04 Å². The van der Waals surface area contributed by atoms with Crippen LogP contribution in [-0.4, -0.2) is 24.0 Å². The molecular weight excluding hydrogens is 295 g/mol. The van der Waals surface area contributed by atoms with Crippen molar-refractivity contribution in [2.75, 3.05) is 13.1 Å². The minimum Gasteiger partial charge on any atom is -0.331 e. The molecule has 1 aromatic rings. The lowest BCUT2D eigenvalue weighted by Gasteiger charge is -2.31. The van der Waals surface area contributed by atoms with Gasteiger partial charge >= 0.3 is 6.03 Å². The molecule has 5 heteroatoms. The number of hydrogen-bond donors (Lipinski definition) is 1. The predicted octanol–water partition coefficient (Wildman–Crippen LogP) is 4.50. The molecule has 0 spiro atoms. The van der Waals surface area contributed by atoms with E-state index in [4.69, 9.17) is 23.2 Å².